The van der Waals surface area contributed by atoms with Crippen LogP contribution in [0.1, 0.15) is 23.2 Å². The van der Waals surface area contributed by atoms with Gasteiger partial charge in [0.25, 0.3) is 12.1 Å². The van der Waals surface area contributed by atoms with Crippen LogP contribution in [0.2, 0.25) is 0 Å². The normalized spacial score (nSPS) is 11.4. The summed E-state index contributed by atoms with van der Waals surface area (Å²) in [6.07, 6.45) is -8.96. The SMILES string of the molecule is N#Cc1ncc([N+](=O)[O-])c(C(F)(F)F)c1C(F)F. The van der Waals surface area contributed by atoms with Crippen LogP contribution in [0.25, 0.3) is 0 Å². The number of hydrogen-bond acceptors (Lipinski definition) is 4. The van der Waals surface area contributed by atoms with E-state index in [1.165, 1.54) is 0 Å². The van der Waals surface area contributed by atoms with Crippen LogP contribution in [-0.2, 0) is 6.18 Å². The highest BCUT2D eigenvalue weighted by Crippen LogP contribution is 2.42. The predicted octanol–water partition coefficient (Wildman–Crippen LogP) is 2.82. The quantitative estimate of drug-likeness (QED) is 0.468. The highest BCUT2D eigenvalue weighted by molar-refractivity contribution is 5.51. The Morgan fingerprint density at radius 1 is 1.44 bits per heavy atom. The number of hydrogen-bond donors (Lipinski definition) is 0. The number of pyridine rings is 1. The minimum Gasteiger partial charge on any atom is -0.258 e. The van der Waals surface area contributed by atoms with E-state index in [-0.39, 0.29) is 6.20 Å². The number of alkyl halides is 5. The van der Waals surface area contributed by atoms with Gasteiger partial charge in [0, 0.05) is 0 Å². The number of halogens is 5. The first-order chi connectivity index (χ1) is 8.20. The Bertz CT molecular complexity index is 535. The van der Waals surface area contributed by atoms with Crippen molar-refractivity contribution >= 4 is 5.69 Å². The summed E-state index contributed by atoms with van der Waals surface area (Å²) in [5, 5.41) is 18.8. The first-order valence-electron chi connectivity index (χ1n) is 4.12. The van der Waals surface area contributed by atoms with Crippen LogP contribution in [0.5, 0.6) is 0 Å². The molecule has 0 bridgehead atoms. The number of rotatable bonds is 2. The van der Waals surface area contributed by atoms with Crippen LogP contribution < -0.4 is 0 Å². The van der Waals surface area contributed by atoms with Crippen molar-refractivity contribution in [3.63, 3.8) is 0 Å². The molecule has 0 N–H and O–H groups in total. The van der Waals surface area contributed by atoms with Gasteiger partial charge in [-0.3, -0.25) is 10.1 Å². The Balaban J connectivity index is 3.79. The minimum absolute atomic E-state index is 0.132. The number of nitrogens with zero attached hydrogens (tertiary/aromatic N) is 3. The van der Waals surface area contributed by atoms with Crippen molar-refractivity contribution in [1.82, 2.24) is 4.98 Å². The fraction of sp³-hybridized carbons (Fsp3) is 0.250. The van der Waals surface area contributed by atoms with Gasteiger partial charge in [0.2, 0.25) is 0 Å². The van der Waals surface area contributed by atoms with E-state index in [1.807, 2.05) is 0 Å². The van der Waals surface area contributed by atoms with Crippen molar-refractivity contribution in [3.05, 3.63) is 33.1 Å². The van der Waals surface area contributed by atoms with Crippen LogP contribution in [0.4, 0.5) is 27.6 Å². The third-order valence-corrected chi connectivity index (χ3v) is 1.90. The molecule has 1 aromatic heterocycles. The number of nitriles is 1. The zero-order valence-corrected chi connectivity index (χ0v) is 8.20. The lowest BCUT2D eigenvalue weighted by atomic mass is 10.0. The van der Waals surface area contributed by atoms with Crippen molar-refractivity contribution < 1.29 is 26.9 Å². The largest absolute Gasteiger partial charge is 0.423 e. The van der Waals surface area contributed by atoms with E-state index in [4.69, 9.17) is 5.26 Å². The fourth-order valence-electron chi connectivity index (χ4n) is 1.25. The maximum absolute atomic E-state index is 12.6. The molecule has 0 saturated carbocycles. The van der Waals surface area contributed by atoms with Gasteiger partial charge in [-0.15, -0.1) is 0 Å². The van der Waals surface area contributed by atoms with E-state index in [2.05, 4.69) is 4.98 Å². The van der Waals surface area contributed by atoms with Gasteiger partial charge >= 0.3 is 6.18 Å². The maximum Gasteiger partial charge on any atom is 0.423 e. The second-order valence-corrected chi connectivity index (χ2v) is 2.95. The number of aromatic nitrogens is 1. The number of nitro groups is 1. The van der Waals surface area contributed by atoms with Crippen LogP contribution >= 0.6 is 0 Å². The molecule has 0 aromatic carbocycles. The van der Waals surface area contributed by atoms with E-state index in [9.17, 15) is 32.1 Å². The molecule has 5 nitrogen and oxygen atoms in total. The highest BCUT2D eigenvalue weighted by Gasteiger charge is 2.44. The molecule has 18 heavy (non-hydrogen) atoms. The lowest BCUT2D eigenvalue weighted by Crippen LogP contribution is -2.15. The zero-order valence-electron chi connectivity index (χ0n) is 8.20. The topological polar surface area (TPSA) is 79.8 Å². The summed E-state index contributed by atoms with van der Waals surface area (Å²) in [5.41, 5.74) is -6.73. The average molecular weight is 267 g/mol. The lowest BCUT2D eigenvalue weighted by molar-refractivity contribution is -0.388. The second kappa shape index (κ2) is 4.52. The van der Waals surface area contributed by atoms with Crippen molar-refractivity contribution in [2.24, 2.45) is 0 Å². The first kappa shape index (κ1) is 13.8. The van der Waals surface area contributed by atoms with Gasteiger partial charge in [-0.1, -0.05) is 0 Å². The Kier molecular flexibility index (Phi) is 3.45. The monoisotopic (exact) mass is 267 g/mol. The molecule has 1 heterocycles. The Morgan fingerprint density at radius 3 is 2.33 bits per heavy atom. The molecule has 0 spiro atoms. The second-order valence-electron chi connectivity index (χ2n) is 2.95. The Hall–Kier alpha value is -2.31. The third kappa shape index (κ3) is 2.34. The van der Waals surface area contributed by atoms with Crippen LogP contribution in [0.3, 0.4) is 0 Å². The van der Waals surface area contributed by atoms with Gasteiger partial charge in [0.1, 0.15) is 23.5 Å². The molecule has 0 aliphatic heterocycles. The molecule has 1 aromatic rings. The molecular weight excluding hydrogens is 265 g/mol. The third-order valence-electron chi connectivity index (χ3n) is 1.90. The Morgan fingerprint density at radius 2 is 2.00 bits per heavy atom. The lowest BCUT2D eigenvalue weighted by Gasteiger charge is -2.12. The standard InChI is InChI=1S/C8H2F5N3O2/c9-7(10)5-3(1-14)15-2-4(16(17)18)6(5)8(11,12)13/h2,7H. The average Bonchev–Trinajstić information content (AvgIpc) is 2.25. The summed E-state index contributed by atoms with van der Waals surface area (Å²) in [5.74, 6) is 0. The molecule has 10 heteroatoms. The van der Waals surface area contributed by atoms with Gasteiger partial charge in [0.15, 0.2) is 0 Å². The van der Waals surface area contributed by atoms with E-state index in [1.54, 1.807) is 0 Å². The molecule has 0 amide bonds. The molecule has 0 fully saturated rings. The van der Waals surface area contributed by atoms with Crippen LogP contribution in [0, 0.1) is 21.4 Å². The zero-order chi connectivity index (χ0) is 14.1. The summed E-state index contributed by atoms with van der Waals surface area (Å²) in [6.45, 7) is 0. The van der Waals surface area contributed by atoms with Crippen LogP contribution in [0.15, 0.2) is 6.20 Å². The molecule has 0 unspecified atom stereocenters. The summed E-state index contributed by atoms with van der Waals surface area (Å²) < 4.78 is 62.8. The van der Waals surface area contributed by atoms with Crippen molar-refractivity contribution in [2.75, 3.05) is 0 Å². The molecule has 1 rings (SSSR count). The smallest absolute Gasteiger partial charge is 0.258 e. The predicted molar refractivity (Wildman–Crippen MR) is 45.6 cm³/mol. The van der Waals surface area contributed by atoms with Gasteiger partial charge in [-0.2, -0.15) is 18.4 Å². The van der Waals surface area contributed by atoms with E-state index < -0.39 is 40.0 Å². The molecule has 0 saturated heterocycles. The maximum atomic E-state index is 12.6. The minimum atomic E-state index is -5.39. The molecule has 96 valence electrons. The van der Waals surface area contributed by atoms with Gasteiger partial charge in [0.05, 0.1) is 10.5 Å². The first-order valence-corrected chi connectivity index (χ1v) is 4.12. The summed E-state index contributed by atoms with van der Waals surface area (Å²) in [4.78, 5) is 11.8. The highest BCUT2D eigenvalue weighted by atomic mass is 19.4. The molecule has 0 aliphatic carbocycles. The van der Waals surface area contributed by atoms with Crippen molar-refractivity contribution in [2.45, 2.75) is 12.6 Å². The van der Waals surface area contributed by atoms with Crippen molar-refractivity contribution in [1.29, 1.82) is 5.26 Å². The van der Waals surface area contributed by atoms with E-state index >= 15 is 0 Å². The van der Waals surface area contributed by atoms with Gasteiger partial charge < -0.3 is 0 Å². The van der Waals surface area contributed by atoms with Gasteiger partial charge in [-0.05, 0) is 0 Å². The van der Waals surface area contributed by atoms with Gasteiger partial charge in [-0.25, -0.2) is 13.8 Å². The summed E-state index contributed by atoms with van der Waals surface area (Å²) in [7, 11) is 0. The van der Waals surface area contributed by atoms with E-state index in [0.29, 0.717) is 0 Å². The summed E-state index contributed by atoms with van der Waals surface area (Å²) >= 11 is 0. The summed E-state index contributed by atoms with van der Waals surface area (Å²) in [6, 6.07) is 1.04. The van der Waals surface area contributed by atoms with E-state index in [0.717, 1.165) is 6.07 Å². The molecule has 0 aliphatic rings. The van der Waals surface area contributed by atoms with Crippen molar-refractivity contribution in [3.8, 4) is 6.07 Å². The fourth-order valence-corrected chi connectivity index (χ4v) is 1.25. The van der Waals surface area contributed by atoms with Crippen LogP contribution in [-0.4, -0.2) is 9.91 Å². The molecular formula is C8H2F5N3O2. The Labute approximate surface area is 95.6 Å². The molecule has 0 atom stereocenters. The molecule has 0 radical (unpaired) electrons.